The van der Waals surface area contributed by atoms with Crippen LogP contribution in [0.4, 0.5) is 0 Å². The number of hydrogen-bond acceptors (Lipinski definition) is 3. The van der Waals surface area contributed by atoms with Crippen LogP contribution in [0.15, 0.2) is 0 Å². The Morgan fingerprint density at radius 1 is 1.24 bits per heavy atom. The van der Waals surface area contributed by atoms with Crippen LogP contribution >= 0.6 is 0 Å². The Balaban J connectivity index is 1.95. The fourth-order valence-electron chi connectivity index (χ4n) is 3.67. The highest BCUT2D eigenvalue weighted by atomic mass is 16.5. The summed E-state index contributed by atoms with van der Waals surface area (Å²) in [5.41, 5.74) is 6.80. The van der Waals surface area contributed by atoms with Crippen LogP contribution in [-0.2, 0) is 9.53 Å². The van der Waals surface area contributed by atoms with Crippen molar-refractivity contribution in [1.82, 2.24) is 0 Å². The molecular weight excluding hydrogens is 214 g/mol. The van der Waals surface area contributed by atoms with Gasteiger partial charge in [0, 0.05) is 12.0 Å². The van der Waals surface area contributed by atoms with Crippen molar-refractivity contribution in [2.75, 3.05) is 6.61 Å². The zero-order chi connectivity index (χ0) is 12.5. The molecule has 3 fully saturated rings. The topological polar surface area (TPSA) is 52.3 Å². The summed E-state index contributed by atoms with van der Waals surface area (Å²) < 4.78 is 5.06. The van der Waals surface area contributed by atoms with Crippen LogP contribution in [-0.4, -0.2) is 18.1 Å². The molecule has 0 radical (unpaired) electrons. The molecule has 17 heavy (non-hydrogen) atoms. The molecule has 3 aliphatic rings. The third-order valence-corrected chi connectivity index (χ3v) is 5.19. The molecule has 0 unspecified atom stereocenters. The van der Waals surface area contributed by atoms with E-state index in [0.29, 0.717) is 24.4 Å². The fourth-order valence-corrected chi connectivity index (χ4v) is 3.67. The molecule has 3 aliphatic carbocycles. The van der Waals surface area contributed by atoms with Crippen molar-refractivity contribution >= 4 is 5.97 Å². The van der Waals surface area contributed by atoms with Crippen molar-refractivity contribution in [3.05, 3.63) is 0 Å². The molecule has 0 aromatic rings. The van der Waals surface area contributed by atoms with Gasteiger partial charge in [-0.05, 0) is 56.8 Å². The highest BCUT2D eigenvalue weighted by Gasteiger charge is 2.49. The summed E-state index contributed by atoms with van der Waals surface area (Å²) in [7, 11) is 0. The maximum absolute atomic E-state index is 11.6. The first-order valence-corrected chi connectivity index (χ1v) is 6.94. The summed E-state index contributed by atoms with van der Waals surface area (Å²) in [4.78, 5) is 11.6. The zero-order valence-corrected chi connectivity index (χ0v) is 11.1. The van der Waals surface area contributed by atoms with Crippen LogP contribution in [0.3, 0.4) is 0 Å². The van der Waals surface area contributed by atoms with E-state index in [0.717, 1.165) is 19.3 Å². The number of ether oxygens (including phenoxy) is 1. The monoisotopic (exact) mass is 239 g/mol. The lowest BCUT2D eigenvalue weighted by Gasteiger charge is -2.54. The van der Waals surface area contributed by atoms with E-state index >= 15 is 0 Å². The average Bonchev–Trinajstić information content (AvgIpc) is 2.30. The van der Waals surface area contributed by atoms with Crippen LogP contribution in [0.1, 0.15) is 58.8 Å². The quantitative estimate of drug-likeness (QED) is 0.767. The van der Waals surface area contributed by atoms with Gasteiger partial charge >= 0.3 is 5.97 Å². The molecule has 3 saturated carbocycles. The number of carbonyl (C=O) groups is 1. The average molecular weight is 239 g/mol. The Kier molecular flexibility index (Phi) is 3.48. The second kappa shape index (κ2) is 4.60. The minimum Gasteiger partial charge on any atom is -0.466 e. The molecule has 2 N–H and O–H groups in total. The summed E-state index contributed by atoms with van der Waals surface area (Å²) in [6, 6.07) is 0. The van der Waals surface area contributed by atoms with Gasteiger partial charge in [0.1, 0.15) is 0 Å². The third kappa shape index (κ3) is 2.49. The number of nitrogens with two attached hydrogens (primary N) is 1. The molecule has 1 atom stereocenters. The third-order valence-electron chi connectivity index (χ3n) is 5.19. The van der Waals surface area contributed by atoms with Gasteiger partial charge in [0.05, 0.1) is 6.61 Å². The molecule has 98 valence electrons. The van der Waals surface area contributed by atoms with Gasteiger partial charge in [0.2, 0.25) is 0 Å². The van der Waals surface area contributed by atoms with Gasteiger partial charge in [0.15, 0.2) is 0 Å². The molecule has 0 aromatic carbocycles. The van der Waals surface area contributed by atoms with Crippen LogP contribution in [0.25, 0.3) is 0 Å². The van der Waals surface area contributed by atoms with E-state index in [4.69, 9.17) is 10.5 Å². The maximum Gasteiger partial charge on any atom is 0.306 e. The van der Waals surface area contributed by atoms with Gasteiger partial charge < -0.3 is 10.5 Å². The van der Waals surface area contributed by atoms with E-state index in [9.17, 15) is 4.79 Å². The number of fused-ring (bicyclic) bond motifs is 3. The first-order valence-electron chi connectivity index (χ1n) is 6.94. The van der Waals surface area contributed by atoms with Gasteiger partial charge in [0.25, 0.3) is 0 Å². The molecule has 3 heteroatoms. The smallest absolute Gasteiger partial charge is 0.306 e. The van der Waals surface area contributed by atoms with E-state index in [1.807, 2.05) is 6.92 Å². The summed E-state index contributed by atoms with van der Waals surface area (Å²) in [5.74, 6) is 0.399. The number of esters is 1. The van der Waals surface area contributed by atoms with Crippen LogP contribution in [0.2, 0.25) is 0 Å². The normalized spacial score (nSPS) is 37.8. The second-order valence-corrected chi connectivity index (χ2v) is 6.13. The minimum absolute atomic E-state index is 0.0375. The van der Waals surface area contributed by atoms with Crippen molar-refractivity contribution < 1.29 is 9.53 Å². The molecule has 0 saturated heterocycles. The standard InChI is InChI=1S/C14H25NO2/c1-3-17-12(16)10-11(2)13-4-7-14(15,8-5-13)9-6-13/h11H,3-10,15H2,1-2H3/t11-,13?,14?/m1/s1. The fraction of sp³-hybridized carbons (Fsp3) is 0.929. The highest BCUT2D eigenvalue weighted by molar-refractivity contribution is 5.69. The maximum atomic E-state index is 11.6. The second-order valence-electron chi connectivity index (χ2n) is 6.13. The Bertz CT molecular complexity index is 276. The van der Waals surface area contributed by atoms with Gasteiger partial charge in [-0.3, -0.25) is 4.79 Å². The van der Waals surface area contributed by atoms with Crippen molar-refractivity contribution in [2.45, 2.75) is 64.3 Å². The van der Waals surface area contributed by atoms with E-state index < -0.39 is 0 Å². The van der Waals surface area contributed by atoms with E-state index in [2.05, 4.69) is 6.92 Å². The lowest BCUT2D eigenvalue weighted by atomic mass is 9.53. The number of rotatable bonds is 4. The van der Waals surface area contributed by atoms with E-state index in [-0.39, 0.29) is 11.5 Å². The van der Waals surface area contributed by atoms with E-state index in [1.165, 1.54) is 19.3 Å². The van der Waals surface area contributed by atoms with Gasteiger partial charge in [-0.15, -0.1) is 0 Å². The van der Waals surface area contributed by atoms with Crippen molar-refractivity contribution in [1.29, 1.82) is 0 Å². The highest BCUT2D eigenvalue weighted by Crippen LogP contribution is 2.55. The summed E-state index contributed by atoms with van der Waals surface area (Å²) >= 11 is 0. The van der Waals surface area contributed by atoms with Crippen molar-refractivity contribution in [3.63, 3.8) is 0 Å². The van der Waals surface area contributed by atoms with Crippen LogP contribution in [0, 0.1) is 11.3 Å². The Hall–Kier alpha value is -0.570. The molecular formula is C14H25NO2. The van der Waals surface area contributed by atoms with E-state index in [1.54, 1.807) is 0 Å². The molecule has 2 bridgehead atoms. The summed E-state index contributed by atoms with van der Waals surface area (Å²) in [6.07, 6.45) is 7.59. The zero-order valence-electron chi connectivity index (χ0n) is 11.1. The Morgan fingerprint density at radius 2 is 1.76 bits per heavy atom. The van der Waals surface area contributed by atoms with Gasteiger partial charge in [-0.2, -0.15) is 0 Å². The molecule has 0 heterocycles. The Morgan fingerprint density at radius 3 is 2.24 bits per heavy atom. The largest absolute Gasteiger partial charge is 0.466 e. The molecule has 3 rings (SSSR count). The molecule has 0 aromatic heterocycles. The predicted octanol–water partition coefficient (Wildman–Crippen LogP) is 2.63. The SMILES string of the molecule is CCOC(=O)C[C@@H](C)C12CCC(N)(CC1)CC2. The predicted molar refractivity (Wildman–Crippen MR) is 67.5 cm³/mol. The summed E-state index contributed by atoms with van der Waals surface area (Å²) in [6.45, 7) is 4.57. The minimum atomic E-state index is -0.0375. The number of hydrogen-bond donors (Lipinski definition) is 1. The molecule has 3 nitrogen and oxygen atoms in total. The first kappa shape index (κ1) is 12.9. The van der Waals surface area contributed by atoms with Crippen molar-refractivity contribution in [3.8, 4) is 0 Å². The molecule has 0 aliphatic heterocycles. The number of carbonyl (C=O) groups excluding carboxylic acids is 1. The van der Waals surface area contributed by atoms with Gasteiger partial charge in [-0.25, -0.2) is 0 Å². The van der Waals surface area contributed by atoms with Gasteiger partial charge in [-0.1, -0.05) is 6.92 Å². The van der Waals surface area contributed by atoms with Crippen LogP contribution < -0.4 is 5.73 Å². The van der Waals surface area contributed by atoms with Crippen LogP contribution in [0.5, 0.6) is 0 Å². The first-order chi connectivity index (χ1) is 8.00. The molecule has 0 amide bonds. The lowest BCUT2D eigenvalue weighted by molar-refractivity contribution is -0.146. The molecule has 0 spiro atoms. The lowest BCUT2D eigenvalue weighted by Crippen LogP contribution is -2.53. The summed E-state index contributed by atoms with van der Waals surface area (Å²) in [5, 5.41) is 0. The van der Waals surface area contributed by atoms with Crippen molar-refractivity contribution in [2.24, 2.45) is 17.1 Å². The Labute approximate surface area is 104 Å².